The second-order valence-corrected chi connectivity index (χ2v) is 7.13. The van der Waals surface area contributed by atoms with Crippen molar-refractivity contribution in [3.05, 3.63) is 101 Å². The van der Waals surface area contributed by atoms with Crippen LogP contribution in [-0.4, -0.2) is 18.4 Å². The molecule has 0 aliphatic rings. The standard InChI is InChI=1S/C25H25FN2O2/c1-3-27-24(29)16-19-11-13-22(14-12-19)28(17-20-8-6-9-21(26)15-20)25(30)23-10-5-4-7-18(23)2/h4-15H,3,16-17H2,1-2H3,(H,27,29). The van der Waals surface area contributed by atoms with Crippen LogP contribution in [-0.2, 0) is 17.8 Å². The molecule has 0 aromatic heterocycles. The van der Waals surface area contributed by atoms with Crippen molar-refractivity contribution in [2.24, 2.45) is 0 Å². The van der Waals surface area contributed by atoms with E-state index in [0.717, 1.165) is 11.1 Å². The van der Waals surface area contributed by atoms with Gasteiger partial charge < -0.3 is 10.2 Å². The minimum atomic E-state index is -0.340. The number of halogens is 1. The Balaban J connectivity index is 1.91. The lowest BCUT2D eigenvalue weighted by Gasteiger charge is -2.24. The Labute approximate surface area is 176 Å². The summed E-state index contributed by atoms with van der Waals surface area (Å²) < 4.78 is 13.7. The minimum absolute atomic E-state index is 0.0437. The Bertz CT molecular complexity index is 1030. The SMILES string of the molecule is CCNC(=O)Cc1ccc(N(Cc2cccc(F)c2)C(=O)c2ccccc2C)cc1. The fourth-order valence-electron chi connectivity index (χ4n) is 3.30. The van der Waals surface area contributed by atoms with E-state index in [-0.39, 0.29) is 30.6 Å². The fourth-order valence-corrected chi connectivity index (χ4v) is 3.30. The third kappa shape index (κ3) is 5.32. The summed E-state index contributed by atoms with van der Waals surface area (Å²) >= 11 is 0. The molecule has 2 amide bonds. The van der Waals surface area contributed by atoms with Gasteiger partial charge in [0, 0.05) is 17.8 Å². The highest BCUT2D eigenvalue weighted by atomic mass is 19.1. The number of likely N-dealkylation sites (N-methyl/N-ethyl adjacent to an activating group) is 1. The lowest BCUT2D eigenvalue weighted by molar-refractivity contribution is -0.120. The monoisotopic (exact) mass is 404 g/mol. The molecular weight excluding hydrogens is 379 g/mol. The first-order chi connectivity index (χ1) is 14.5. The van der Waals surface area contributed by atoms with Gasteiger partial charge in [0.15, 0.2) is 0 Å². The molecule has 154 valence electrons. The highest BCUT2D eigenvalue weighted by molar-refractivity contribution is 6.07. The number of hydrogen-bond donors (Lipinski definition) is 1. The van der Waals surface area contributed by atoms with Crippen LogP contribution in [0.5, 0.6) is 0 Å². The van der Waals surface area contributed by atoms with Gasteiger partial charge in [-0.05, 0) is 60.9 Å². The Morgan fingerprint density at radius 2 is 1.67 bits per heavy atom. The van der Waals surface area contributed by atoms with Crippen LogP contribution in [0.3, 0.4) is 0 Å². The molecule has 0 saturated heterocycles. The summed E-state index contributed by atoms with van der Waals surface area (Å²) in [6.45, 7) is 4.59. The van der Waals surface area contributed by atoms with Gasteiger partial charge in [-0.3, -0.25) is 9.59 Å². The molecule has 0 heterocycles. The van der Waals surface area contributed by atoms with Crippen molar-refractivity contribution in [1.82, 2.24) is 5.32 Å². The largest absolute Gasteiger partial charge is 0.356 e. The Hall–Kier alpha value is -3.47. The summed E-state index contributed by atoms with van der Waals surface area (Å²) in [5.41, 5.74) is 3.72. The second kappa shape index (κ2) is 9.83. The molecule has 0 unspecified atom stereocenters. The van der Waals surface area contributed by atoms with Crippen LogP contribution in [0.2, 0.25) is 0 Å². The Morgan fingerprint density at radius 3 is 2.33 bits per heavy atom. The fraction of sp³-hybridized carbons (Fsp3) is 0.200. The lowest BCUT2D eigenvalue weighted by atomic mass is 10.1. The van der Waals surface area contributed by atoms with Crippen LogP contribution in [0, 0.1) is 12.7 Å². The molecule has 3 aromatic rings. The highest BCUT2D eigenvalue weighted by Gasteiger charge is 2.20. The van der Waals surface area contributed by atoms with Crippen molar-refractivity contribution < 1.29 is 14.0 Å². The molecule has 4 nitrogen and oxygen atoms in total. The van der Waals surface area contributed by atoms with Crippen LogP contribution in [0.1, 0.15) is 34.0 Å². The molecule has 0 saturated carbocycles. The van der Waals surface area contributed by atoms with Crippen LogP contribution in [0.15, 0.2) is 72.8 Å². The number of hydrogen-bond acceptors (Lipinski definition) is 2. The molecule has 3 aromatic carbocycles. The Kier molecular flexibility index (Phi) is 6.96. The number of amides is 2. The van der Waals surface area contributed by atoms with Gasteiger partial charge in [-0.15, -0.1) is 0 Å². The predicted octanol–water partition coefficient (Wildman–Crippen LogP) is 4.66. The van der Waals surface area contributed by atoms with Crippen LogP contribution >= 0.6 is 0 Å². The zero-order valence-electron chi connectivity index (χ0n) is 17.2. The lowest BCUT2D eigenvalue weighted by Crippen LogP contribution is -2.31. The van der Waals surface area contributed by atoms with Gasteiger partial charge in [0.1, 0.15) is 5.82 Å². The second-order valence-electron chi connectivity index (χ2n) is 7.13. The van der Waals surface area contributed by atoms with Gasteiger partial charge >= 0.3 is 0 Å². The van der Waals surface area contributed by atoms with Gasteiger partial charge in [-0.25, -0.2) is 4.39 Å². The maximum atomic E-state index is 13.7. The summed E-state index contributed by atoms with van der Waals surface area (Å²) in [5, 5.41) is 2.78. The summed E-state index contributed by atoms with van der Waals surface area (Å²) in [6.07, 6.45) is 0.282. The first-order valence-corrected chi connectivity index (χ1v) is 9.95. The number of aryl methyl sites for hydroxylation is 1. The third-order valence-corrected chi connectivity index (χ3v) is 4.84. The van der Waals surface area contributed by atoms with E-state index < -0.39 is 0 Å². The highest BCUT2D eigenvalue weighted by Crippen LogP contribution is 2.23. The van der Waals surface area contributed by atoms with Gasteiger partial charge in [0.25, 0.3) is 5.91 Å². The molecule has 0 spiro atoms. The third-order valence-electron chi connectivity index (χ3n) is 4.84. The van der Waals surface area contributed by atoms with E-state index in [4.69, 9.17) is 0 Å². The minimum Gasteiger partial charge on any atom is -0.356 e. The van der Waals surface area contributed by atoms with Crippen LogP contribution in [0.4, 0.5) is 10.1 Å². The number of rotatable bonds is 7. The van der Waals surface area contributed by atoms with E-state index >= 15 is 0 Å². The van der Waals surface area contributed by atoms with E-state index in [1.54, 1.807) is 23.1 Å². The topological polar surface area (TPSA) is 49.4 Å². The van der Waals surface area contributed by atoms with Crippen LogP contribution in [0.25, 0.3) is 0 Å². The zero-order chi connectivity index (χ0) is 21.5. The summed E-state index contributed by atoms with van der Waals surface area (Å²) in [5.74, 6) is -0.542. The van der Waals surface area contributed by atoms with Gasteiger partial charge in [0.05, 0.1) is 13.0 Å². The predicted molar refractivity (Wildman–Crippen MR) is 117 cm³/mol. The molecule has 1 N–H and O–H groups in total. The number of nitrogens with one attached hydrogen (secondary N) is 1. The number of anilines is 1. The molecule has 0 aliphatic heterocycles. The van der Waals surface area contributed by atoms with E-state index in [9.17, 15) is 14.0 Å². The maximum absolute atomic E-state index is 13.7. The molecule has 0 radical (unpaired) electrons. The smallest absolute Gasteiger partial charge is 0.258 e. The quantitative estimate of drug-likeness (QED) is 0.623. The van der Waals surface area contributed by atoms with E-state index in [1.165, 1.54) is 12.1 Å². The zero-order valence-corrected chi connectivity index (χ0v) is 17.2. The summed E-state index contributed by atoms with van der Waals surface area (Å²) in [4.78, 5) is 26.8. The molecule has 0 bridgehead atoms. The first-order valence-electron chi connectivity index (χ1n) is 9.95. The number of benzene rings is 3. The average Bonchev–Trinajstić information content (AvgIpc) is 2.73. The van der Waals surface area contributed by atoms with Crippen molar-refractivity contribution >= 4 is 17.5 Å². The van der Waals surface area contributed by atoms with Gasteiger partial charge in [-0.2, -0.15) is 0 Å². The van der Waals surface area contributed by atoms with Crippen molar-refractivity contribution in [2.45, 2.75) is 26.8 Å². The van der Waals surface area contributed by atoms with Crippen molar-refractivity contribution in [1.29, 1.82) is 0 Å². The first kappa shape index (κ1) is 21.2. The van der Waals surface area contributed by atoms with E-state index in [0.29, 0.717) is 23.4 Å². The summed E-state index contributed by atoms with van der Waals surface area (Å²) in [7, 11) is 0. The molecule has 0 aliphatic carbocycles. The Morgan fingerprint density at radius 1 is 0.933 bits per heavy atom. The van der Waals surface area contributed by atoms with Crippen molar-refractivity contribution in [3.63, 3.8) is 0 Å². The number of carbonyl (C=O) groups excluding carboxylic acids is 2. The molecule has 0 fully saturated rings. The number of carbonyl (C=O) groups is 2. The summed E-state index contributed by atoms with van der Waals surface area (Å²) in [6, 6.07) is 21.0. The molecule has 3 rings (SSSR count). The number of nitrogens with zero attached hydrogens (tertiary/aromatic N) is 1. The average molecular weight is 404 g/mol. The van der Waals surface area contributed by atoms with Gasteiger partial charge in [0.2, 0.25) is 5.91 Å². The molecular formula is C25H25FN2O2. The van der Waals surface area contributed by atoms with Crippen molar-refractivity contribution in [2.75, 3.05) is 11.4 Å². The molecule has 5 heteroatoms. The van der Waals surface area contributed by atoms with E-state index in [2.05, 4.69) is 5.32 Å². The van der Waals surface area contributed by atoms with Gasteiger partial charge in [-0.1, -0.05) is 42.5 Å². The maximum Gasteiger partial charge on any atom is 0.258 e. The van der Waals surface area contributed by atoms with E-state index in [1.807, 2.05) is 56.3 Å². The van der Waals surface area contributed by atoms with Crippen molar-refractivity contribution in [3.8, 4) is 0 Å². The normalized spacial score (nSPS) is 10.5. The molecule has 30 heavy (non-hydrogen) atoms. The molecule has 0 atom stereocenters. The van der Waals surface area contributed by atoms with Crippen LogP contribution < -0.4 is 10.2 Å².